The normalized spacial score (nSPS) is 14.9. The Kier molecular flexibility index (Phi) is 7.53. The van der Waals surface area contributed by atoms with E-state index in [9.17, 15) is 4.79 Å². The van der Waals surface area contributed by atoms with E-state index in [1.54, 1.807) is 0 Å². The van der Waals surface area contributed by atoms with Gasteiger partial charge in [0.25, 0.3) is 0 Å². The smallest absolute Gasteiger partial charge is 0.220 e. The molecular weight excluding hydrogens is 372 g/mol. The lowest BCUT2D eigenvalue weighted by atomic mass is 10.0. The molecule has 0 atom stereocenters. The Labute approximate surface area is 171 Å². The number of carbonyl (C=O) groups excluding carboxylic acids is 1. The largest absolute Gasteiger partial charge is 0.369 e. The first-order valence-electron chi connectivity index (χ1n) is 10.3. The number of hydrogen-bond donors (Lipinski definition) is 2. The van der Waals surface area contributed by atoms with Crippen LogP contribution in [0.15, 0.2) is 11.4 Å². The van der Waals surface area contributed by atoms with Gasteiger partial charge in [0.2, 0.25) is 5.91 Å². The highest BCUT2D eigenvalue weighted by Crippen LogP contribution is 2.28. The van der Waals surface area contributed by atoms with E-state index in [2.05, 4.69) is 39.5 Å². The minimum Gasteiger partial charge on any atom is -0.369 e. The first-order valence-corrected chi connectivity index (χ1v) is 11.6. The highest BCUT2D eigenvalue weighted by atomic mass is 32.2. The first-order chi connectivity index (χ1) is 13.6. The molecule has 2 aromatic rings. The Balaban J connectivity index is 1.58. The van der Waals surface area contributed by atoms with Gasteiger partial charge in [-0.15, -0.1) is 0 Å². The molecule has 2 aromatic heterocycles. The van der Waals surface area contributed by atoms with Crippen LogP contribution in [0, 0.1) is 11.8 Å². The Morgan fingerprint density at radius 2 is 2.11 bits per heavy atom. The van der Waals surface area contributed by atoms with Gasteiger partial charge in [-0.3, -0.25) is 4.79 Å². The summed E-state index contributed by atoms with van der Waals surface area (Å²) in [4.78, 5) is 21.3. The average molecular weight is 405 g/mol. The number of nitrogens with zero attached hydrogens (tertiary/aromatic N) is 4. The van der Waals surface area contributed by atoms with E-state index in [1.807, 2.05) is 17.1 Å². The third-order valence-electron chi connectivity index (χ3n) is 5.24. The standard InChI is InChI=1S/C20H32N6OS/c1-14(2)12-22-18-16-13-23-26(19(16)25-20(24-18)28-3)11-10-21-17(27)9-8-15-6-4-5-7-15/h13-15H,4-12H2,1-3H3,(H,21,27)(H,22,24,25). The van der Waals surface area contributed by atoms with Gasteiger partial charge in [0, 0.05) is 19.5 Å². The quantitative estimate of drug-likeness (QED) is 0.464. The Bertz CT molecular complexity index is 784. The van der Waals surface area contributed by atoms with Crippen molar-refractivity contribution >= 4 is 34.5 Å². The van der Waals surface area contributed by atoms with Crippen molar-refractivity contribution in [2.75, 3.05) is 24.7 Å². The van der Waals surface area contributed by atoms with Gasteiger partial charge in [-0.2, -0.15) is 5.10 Å². The van der Waals surface area contributed by atoms with Crippen molar-refractivity contribution in [3.8, 4) is 0 Å². The molecule has 1 aliphatic rings. The van der Waals surface area contributed by atoms with E-state index < -0.39 is 0 Å². The van der Waals surface area contributed by atoms with E-state index in [0.29, 0.717) is 25.4 Å². The van der Waals surface area contributed by atoms with Crippen molar-refractivity contribution in [2.45, 2.75) is 64.1 Å². The molecule has 0 aliphatic heterocycles. The summed E-state index contributed by atoms with van der Waals surface area (Å²) < 4.78 is 1.86. The van der Waals surface area contributed by atoms with Gasteiger partial charge in [-0.05, 0) is 24.5 Å². The van der Waals surface area contributed by atoms with Crippen LogP contribution in [0.25, 0.3) is 11.0 Å². The summed E-state index contributed by atoms with van der Waals surface area (Å²) >= 11 is 1.52. The predicted octanol–water partition coefficient (Wildman–Crippen LogP) is 3.70. The molecule has 1 aliphatic carbocycles. The van der Waals surface area contributed by atoms with Crippen molar-refractivity contribution in [2.24, 2.45) is 11.8 Å². The van der Waals surface area contributed by atoms with Crippen molar-refractivity contribution in [3.05, 3.63) is 6.20 Å². The summed E-state index contributed by atoms with van der Waals surface area (Å²) in [5.74, 6) is 2.24. The molecule has 1 amide bonds. The Morgan fingerprint density at radius 3 is 2.82 bits per heavy atom. The highest BCUT2D eigenvalue weighted by Gasteiger charge is 2.16. The van der Waals surface area contributed by atoms with Crippen LogP contribution in [-0.2, 0) is 11.3 Å². The lowest BCUT2D eigenvalue weighted by Crippen LogP contribution is -2.27. The minimum absolute atomic E-state index is 0.141. The predicted molar refractivity (Wildman–Crippen MR) is 115 cm³/mol. The number of nitrogens with one attached hydrogen (secondary N) is 2. The molecule has 0 saturated heterocycles. The summed E-state index contributed by atoms with van der Waals surface area (Å²) in [6, 6.07) is 0. The van der Waals surface area contributed by atoms with Gasteiger partial charge in [0.15, 0.2) is 10.8 Å². The van der Waals surface area contributed by atoms with Crippen LogP contribution in [0.4, 0.5) is 5.82 Å². The number of thioether (sulfide) groups is 1. The molecule has 2 heterocycles. The van der Waals surface area contributed by atoms with Crippen LogP contribution in [0.2, 0.25) is 0 Å². The molecule has 3 rings (SSSR count). The number of carbonyl (C=O) groups is 1. The number of aromatic nitrogens is 4. The van der Waals surface area contributed by atoms with E-state index in [-0.39, 0.29) is 5.91 Å². The van der Waals surface area contributed by atoms with E-state index in [0.717, 1.165) is 40.9 Å². The minimum atomic E-state index is 0.141. The zero-order valence-electron chi connectivity index (χ0n) is 17.2. The molecule has 7 nitrogen and oxygen atoms in total. The number of fused-ring (bicyclic) bond motifs is 1. The van der Waals surface area contributed by atoms with Gasteiger partial charge < -0.3 is 10.6 Å². The van der Waals surface area contributed by atoms with Crippen molar-refractivity contribution in [3.63, 3.8) is 0 Å². The zero-order chi connectivity index (χ0) is 19.9. The molecule has 28 heavy (non-hydrogen) atoms. The molecule has 1 saturated carbocycles. The lowest BCUT2D eigenvalue weighted by molar-refractivity contribution is -0.121. The molecule has 154 valence electrons. The third kappa shape index (κ3) is 5.59. The molecule has 0 spiro atoms. The Hall–Kier alpha value is -1.83. The second kappa shape index (κ2) is 10.1. The number of amides is 1. The summed E-state index contributed by atoms with van der Waals surface area (Å²) in [7, 11) is 0. The molecule has 8 heteroatoms. The van der Waals surface area contributed by atoms with Crippen molar-refractivity contribution < 1.29 is 4.79 Å². The maximum atomic E-state index is 12.1. The molecule has 0 radical (unpaired) electrons. The SMILES string of the molecule is CSc1nc(NCC(C)C)c2cnn(CCNC(=O)CCC3CCCC3)c2n1. The van der Waals surface area contributed by atoms with Gasteiger partial charge in [0.05, 0.1) is 18.1 Å². The topological polar surface area (TPSA) is 84.7 Å². The van der Waals surface area contributed by atoms with Crippen LogP contribution in [0.1, 0.15) is 52.4 Å². The van der Waals surface area contributed by atoms with Crippen LogP contribution in [-0.4, -0.2) is 45.0 Å². The van der Waals surface area contributed by atoms with Gasteiger partial charge in [0.1, 0.15) is 5.82 Å². The summed E-state index contributed by atoms with van der Waals surface area (Å²) in [5, 5.41) is 12.6. The summed E-state index contributed by atoms with van der Waals surface area (Å²) in [6.07, 6.45) is 10.7. The van der Waals surface area contributed by atoms with Crippen molar-refractivity contribution in [1.82, 2.24) is 25.1 Å². The lowest BCUT2D eigenvalue weighted by Gasteiger charge is -2.11. The fraction of sp³-hybridized carbons (Fsp3) is 0.700. The summed E-state index contributed by atoms with van der Waals surface area (Å²) in [6.45, 7) is 6.35. The molecule has 0 aromatic carbocycles. The molecular formula is C20H32N6OS. The molecule has 2 N–H and O–H groups in total. The van der Waals surface area contributed by atoms with Crippen LogP contribution < -0.4 is 10.6 Å². The molecule has 0 unspecified atom stereocenters. The second-order valence-corrected chi connectivity index (χ2v) is 8.75. The van der Waals surface area contributed by atoms with Gasteiger partial charge >= 0.3 is 0 Å². The molecule has 0 bridgehead atoms. The monoisotopic (exact) mass is 404 g/mol. The van der Waals surface area contributed by atoms with Crippen LogP contribution in [0.3, 0.4) is 0 Å². The van der Waals surface area contributed by atoms with Crippen molar-refractivity contribution in [1.29, 1.82) is 0 Å². The fourth-order valence-electron chi connectivity index (χ4n) is 3.65. The second-order valence-electron chi connectivity index (χ2n) is 7.98. The zero-order valence-corrected chi connectivity index (χ0v) is 18.0. The number of hydrogen-bond acceptors (Lipinski definition) is 6. The van der Waals surface area contributed by atoms with Crippen LogP contribution in [0.5, 0.6) is 0 Å². The van der Waals surface area contributed by atoms with Gasteiger partial charge in [-0.25, -0.2) is 14.6 Å². The van der Waals surface area contributed by atoms with E-state index >= 15 is 0 Å². The van der Waals surface area contributed by atoms with Gasteiger partial charge in [-0.1, -0.05) is 51.3 Å². The van der Waals surface area contributed by atoms with E-state index in [1.165, 1.54) is 37.4 Å². The van der Waals surface area contributed by atoms with E-state index in [4.69, 9.17) is 0 Å². The first kappa shape index (κ1) is 20.9. The number of rotatable bonds is 10. The summed E-state index contributed by atoms with van der Waals surface area (Å²) in [5.41, 5.74) is 0.811. The third-order valence-corrected chi connectivity index (χ3v) is 5.78. The fourth-order valence-corrected chi connectivity index (χ4v) is 4.01. The molecule has 1 fully saturated rings. The van der Waals surface area contributed by atoms with Crippen LogP contribution >= 0.6 is 11.8 Å². The maximum absolute atomic E-state index is 12.1. The average Bonchev–Trinajstić information content (AvgIpc) is 3.34. The highest BCUT2D eigenvalue weighted by molar-refractivity contribution is 7.98. The maximum Gasteiger partial charge on any atom is 0.220 e. The Morgan fingerprint density at radius 1 is 1.32 bits per heavy atom. The number of anilines is 1.